The molecule has 0 aliphatic rings. The Morgan fingerprint density at radius 1 is 0.857 bits per heavy atom. The maximum atomic E-state index is 12.3. The van der Waals surface area contributed by atoms with Gasteiger partial charge in [0.2, 0.25) is 11.8 Å². The molecule has 0 radical (unpaired) electrons. The highest BCUT2D eigenvalue weighted by Crippen LogP contribution is 2.37. The normalized spacial score (nSPS) is 11.5. The van der Waals surface area contributed by atoms with Crippen molar-refractivity contribution in [2.24, 2.45) is 16.1 Å². The second kappa shape index (κ2) is 7.51. The lowest BCUT2D eigenvalue weighted by Crippen LogP contribution is -2.02. The van der Waals surface area contributed by atoms with Gasteiger partial charge in [-0.25, -0.2) is 0 Å². The molecule has 1 aromatic heterocycles. The summed E-state index contributed by atoms with van der Waals surface area (Å²) in [6, 6.07) is 9.73. The van der Waals surface area contributed by atoms with Crippen LogP contribution in [0, 0.1) is 5.92 Å². The number of hydrogen-bond acceptors (Lipinski definition) is 5. The summed E-state index contributed by atoms with van der Waals surface area (Å²) < 4.78 is 1.37. The molecular formula is C20H19N3O5. The highest BCUT2D eigenvalue weighted by Gasteiger charge is 2.18. The molecule has 0 bridgehead atoms. The number of phenolic OH excluding ortho intramolecular Hbond substituents is 1. The minimum atomic E-state index is -0.760. The Morgan fingerprint density at radius 3 is 2.00 bits per heavy atom. The quantitative estimate of drug-likeness (QED) is 0.592. The smallest absolute Gasteiger partial charge is 0.295 e. The fourth-order valence-electron chi connectivity index (χ4n) is 2.80. The van der Waals surface area contributed by atoms with Crippen molar-refractivity contribution < 1.29 is 24.9 Å². The van der Waals surface area contributed by atoms with Crippen molar-refractivity contribution in [2.75, 3.05) is 0 Å². The molecule has 0 aliphatic heterocycles. The van der Waals surface area contributed by atoms with Crippen LogP contribution < -0.4 is 0 Å². The van der Waals surface area contributed by atoms with Gasteiger partial charge < -0.3 is 15.3 Å². The van der Waals surface area contributed by atoms with Crippen LogP contribution in [0.2, 0.25) is 0 Å². The topological polar surface area (TPSA) is 124 Å². The Bertz CT molecular complexity index is 1080. The molecule has 1 heterocycles. The largest absolute Gasteiger partial charge is 0.508 e. The fraction of sp³-hybridized carbons (Fsp3) is 0.200. The lowest BCUT2D eigenvalue weighted by atomic mass is 10.1. The molecule has 0 unspecified atom stereocenters. The molecular weight excluding hydrogens is 362 g/mol. The molecule has 0 atom stereocenters. The second-order valence-corrected chi connectivity index (χ2v) is 6.77. The van der Waals surface area contributed by atoms with Crippen molar-refractivity contribution in [3.8, 4) is 17.5 Å². The van der Waals surface area contributed by atoms with Gasteiger partial charge in [-0.2, -0.15) is 0 Å². The molecule has 3 rings (SSSR count). The SMILES string of the molecule is CC(C)Cn1c(O)c2ccc(C(=O)N=NC(=O)c3ccc(O)cc3)cc2c1O. The van der Waals surface area contributed by atoms with E-state index in [-0.39, 0.29) is 34.6 Å². The summed E-state index contributed by atoms with van der Waals surface area (Å²) in [5, 5.41) is 37.4. The van der Waals surface area contributed by atoms with Gasteiger partial charge in [-0.1, -0.05) is 13.8 Å². The summed E-state index contributed by atoms with van der Waals surface area (Å²) in [6.45, 7) is 4.31. The summed E-state index contributed by atoms with van der Waals surface area (Å²) in [6.07, 6.45) is 0. The molecule has 0 aliphatic carbocycles. The van der Waals surface area contributed by atoms with E-state index in [4.69, 9.17) is 0 Å². The monoisotopic (exact) mass is 381 g/mol. The van der Waals surface area contributed by atoms with Gasteiger partial charge in [0.1, 0.15) is 5.75 Å². The Balaban J connectivity index is 1.86. The first kappa shape index (κ1) is 19.1. The van der Waals surface area contributed by atoms with Crippen molar-refractivity contribution in [3.63, 3.8) is 0 Å². The van der Waals surface area contributed by atoms with E-state index < -0.39 is 11.8 Å². The van der Waals surface area contributed by atoms with Gasteiger partial charge in [0.15, 0.2) is 0 Å². The molecule has 8 nitrogen and oxygen atoms in total. The molecule has 8 heteroatoms. The van der Waals surface area contributed by atoms with Crippen LogP contribution in [0.25, 0.3) is 10.8 Å². The lowest BCUT2D eigenvalue weighted by molar-refractivity contribution is 0.0947. The number of hydrogen-bond donors (Lipinski definition) is 3. The highest BCUT2D eigenvalue weighted by atomic mass is 16.3. The zero-order chi connectivity index (χ0) is 20.4. The van der Waals surface area contributed by atoms with Crippen molar-refractivity contribution in [3.05, 3.63) is 53.6 Å². The minimum absolute atomic E-state index is 0.00494. The molecule has 0 saturated carbocycles. The van der Waals surface area contributed by atoms with E-state index in [0.717, 1.165) is 0 Å². The number of rotatable bonds is 4. The van der Waals surface area contributed by atoms with E-state index in [0.29, 0.717) is 17.3 Å². The number of aromatic hydroxyl groups is 3. The fourth-order valence-corrected chi connectivity index (χ4v) is 2.80. The first-order valence-corrected chi connectivity index (χ1v) is 8.61. The third kappa shape index (κ3) is 3.71. The zero-order valence-corrected chi connectivity index (χ0v) is 15.3. The number of amides is 2. The summed E-state index contributed by atoms with van der Waals surface area (Å²) >= 11 is 0. The number of carbonyl (C=O) groups is 2. The number of azo groups is 1. The molecule has 28 heavy (non-hydrogen) atoms. The summed E-state index contributed by atoms with van der Waals surface area (Å²) in [4.78, 5) is 24.2. The molecule has 3 N–H and O–H groups in total. The van der Waals surface area contributed by atoms with E-state index in [1.54, 1.807) is 0 Å². The van der Waals surface area contributed by atoms with E-state index in [1.807, 2.05) is 13.8 Å². The molecule has 144 valence electrons. The van der Waals surface area contributed by atoms with E-state index >= 15 is 0 Å². The Labute approximate surface area is 160 Å². The molecule has 0 fully saturated rings. The van der Waals surface area contributed by atoms with Crippen LogP contribution in [0.3, 0.4) is 0 Å². The van der Waals surface area contributed by atoms with Gasteiger partial charge in [-0.05, 0) is 48.4 Å². The van der Waals surface area contributed by atoms with Crippen LogP contribution in [0.4, 0.5) is 0 Å². The van der Waals surface area contributed by atoms with Gasteiger partial charge in [-0.15, -0.1) is 10.2 Å². The lowest BCUT2D eigenvalue weighted by Gasteiger charge is -2.08. The average Bonchev–Trinajstić information content (AvgIpc) is 2.90. The van der Waals surface area contributed by atoms with Gasteiger partial charge in [-0.3, -0.25) is 14.2 Å². The molecule has 3 aromatic rings. The Kier molecular flexibility index (Phi) is 5.12. The van der Waals surface area contributed by atoms with Gasteiger partial charge in [0.25, 0.3) is 11.8 Å². The molecule has 0 saturated heterocycles. The van der Waals surface area contributed by atoms with Gasteiger partial charge in [0, 0.05) is 28.4 Å². The Morgan fingerprint density at radius 2 is 1.39 bits per heavy atom. The van der Waals surface area contributed by atoms with Crippen molar-refractivity contribution in [1.29, 1.82) is 0 Å². The predicted octanol–water partition coefficient (Wildman–Crippen LogP) is 3.85. The summed E-state index contributed by atoms with van der Waals surface area (Å²) in [5.41, 5.74) is 0.296. The molecule has 2 aromatic carbocycles. The van der Waals surface area contributed by atoms with E-state index in [1.165, 1.54) is 47.0 Å². The van der Waals surface area contributed by atoms with Gasteiger partial charge >= 0.3 is 0 Å². The number of phenols is 1. The van der Waals surface area contributed by atoms with E-state index in [2.05, 4.69) is 10.2 Å². The zero-order valence-electron chi connectivity index (χ0n) is 15.3. The Hall–Kier alpha value is -3.68. The highest BCUT2D eigenvalue weighted by molar-refractivity contribution is 6.03. The predicted molar refractivity (Wildman–Crippen MR) is 102 cm³/mol. The first-order valence-electron chi connectivity index (χ1n) is 8.61. The van der Waals surface area contributed by atoms with Crippen molar-refractivity contribution >= 4 is 22.6 Å². The third-order valence-corrected chi connectivity index (χ3v) is 4.15. The van der Waals surface area contributed by atoms with Crippen LogP contribution in [-0.2, 0) is 6.54 Å². The average molecular weight is 381 g/mol. The van der Waals surface area contributed by atoms with Crippen LogP contribution in [-0.4, -0.2) is 31.7 Å². The number of nitrogens with zero attached hydrogens (tertiary/aromatic N) is 3. The summed E-state index contributed by atoms with van der Waals surface area (Å²) in [5.74, 6) is -1.51. The standard InChI is InChI=1S/C20H19N3O5/c1-11(2)10-23-19(27)15-8-5-13(9-16(15)20(23)28)18(26)22-21-17(25)12-3-6-14(24)7-4-12/h3-9,11,24,27-28H,10H2,1-2H3. The minimum Gasteiger partial charge on any atom is -0.508 e. The third-order valence-electron chi connectivity index (χ3n) is 4.15. The van der Waals surface area contributed by atoms with Gasteiger partial charge in [0.05, 0.1) is 0 Å². The van der Waals surface area contributed by atoms with Crippen molar-refractivity contribution in [2.45, 2.75) is 20.4 Å². The second-order valence-electron chi connectivity index (χ2n) is 6.77. The maximum Gasteiger partial charge on any atom is 0.295 e. The molecule has 0 spiro atoms. The number of benzene rings is 2. The summed E-state index contributed by atoms with van der Waals surface area (Å²) in [7, 11) is 0. The first-order chi connectivity index (χ1) is 13.3. The van der Waals surface area contributed by atoms with Crippen LogP contribution in [0.5, 0.6) is 17.5 Å². The van der Waals surface area contributed by atoms with E-state index in [9.17, 15) is 24.9 Å². The van der Waals surface area contributed by atoms with Crippen LogP contribution in [0.15, 0.2) is 52.7 Å². The molecule has 2 amide bonds. The maximum absolute atomic E-state index is 12.3. The van der Waals surface area contributed by atoms with Crippen LogP contribution >= 0.6 is 0 Å². The van der Waals surface area contributed by atoms with Crippen molar-refractivity contribution in [1.82, 2.24) is 4.57 Å². The number of aromatic nitrogens is 1. The van der Waals surface area contributed by atoms with Crippen LogP contribution in [0.1, 0.15) is 34.6 Å². The number of carbonyl (C=O) groups excluding carboxylic acids is 2. The number of fused-ring (bicyclic) bond motifs is 1.